The molecule has 0 aromatic carbocycles. The largest absolute Gasteiger partial charge is 0.384 e. The maximum atomic E-state index is 11.7. The van der Waals surface area contributed by atoms with E-state index in [1.165, 1.54) is 0 Å². The molecule has 98 valence electrons. The zero-order valence-corrected chi connectivity index (χ0v) is 10.7. The van der Waals surface area contributed by atoms with E-state index < -0.39 is 0 Å². The molecular formula is C12H19N5O. The number of rotatable bonds is 3. The van der Waals surface area contributed by atoms with Crippen LogP contribution in [0.25, 0.3) is 0 Å². The minimum atomic E-state index is -0.229. The number of carbonyl (C=O) groups is 1. The van der Waals surface area contributed by atoms with Gasteiger partial charge in [0.25, 0.3) is 0 Å². The maximum Gasteiger partial charge on any atom is 0.242 e. The molecule has 1 saturated heterocycles. The average Bonchev–Trinajstić information content (AvgIpc) is 2.31. The molecule has 1 atom stereocenters. The van der Waals surface area contributed by atoms with Crippen LogP contribution in [0.4, 0.5) is 11.6 Å². The van der Waals surface area contributed by atoms with Gasteiger partial charge in [-0.1, -0.05) is 13.8 Å². The van der Waals surface area contributed by atoms with E-state index in [0.717, 1.165) is 19.4 Å². The van der Waals surface area contributed by atoms with E-state index >= 15 is 0 Å². The van der Waals surface area contributed by atoms with Crippen molar-refractivity contribution in [3.05, 3.63) is 11.9 Å². The molecule has 1 unspecified atom stereocenters. The number of nitrogens with one attached hydrogen (secondary N) is 2. The number of hydrogen-bond acceptors (Lipinski definition) is 5. The van der Waals surface area contributed by atoms with E-state index in [0.29, 0.717) is 17.5 Å². The molecule has 1 aliphatic rings. The zero-order valence-electron chi connectivity index (χ0n) is 10.7. The summed E-state index contributed by atoms with van der Waals surface area (Å²) in [5, 5.41) is 5.95. The number of anilines is 2. The predicted molar refractivity (Wildman–Crippen MR) is 70.2 cm³/mol. The van der Waals surface area contributed by atoms with Crippen molar-refractivity contribution in [2.24, 2.45) is 0 Å². The Morgan fingerprint density at radius 2 is 2.28 bits per heavy atom. The third-order valence-electron chi connectivity index (χ3n) is 2.89. The van der Waals surface area contributed by atoms with Crippen LogP contribution in [0.1, 0.15) is 38.4 Å². The highest BCUT2D eigenvalue weighted by molar-refractivity contribution is 5.85. The minimum Gasteiger partial charge on any atom is -0.384 e. The standard InChI is InChI=1S/C12H19N5O/c1-7(2)11-16-9(13)6-10(17-11)15-8-4-3-5-14-12(8)18/h6-8H,3-5H2,1-2H3,(H,14,18)(H3,13,15,16,17). The second-order valence-electron chi connectivity index (χ2n) is 4.82. The first-order valence-electron chi connectivity index (χ1n) is 6.25. The first-order chi connectivity index (χ1) is 8.56. The highest BCUT2D eigenvalue weighted by Crippen LogP contribution is 2.17. The zero-order chi connectivity index (χ0) is 13.1. The summed E-state index contributed by atoms with van der Waals surface area (Å²) < 4.78 is 0. The van der Waals surface area contributed by atoms with Gasteiger partial charge in [-0.05, 0) is 12.8 Å². The van der Waals surface area contributed by atoms with Gasteiger partial charge < -0.3 is 16.4 Å². The van der Waals surface area contributed by atoms with Crippen molar-refractivity contribution in [3.8, 4) is 0 Å². The van der Waals surface area contributed by atoms with Gasteiger partial charge in [0.2, 0.25) is 5.91 Å². The summed E-state index contributed by atoms with van der Waals surface area (Å²) in [5.41, 5.74) is 5.75. The van der Waals surface area contributed by atoms with E-state index in [-0.39, 0.29) is 17.9 Å². The lowest BCUT2D eigenvalue weighted by Gasteiger charge is -2.23. The van der Waals surface area contributed by atoms with Gasteiger partial charge in [-0.15, -0.1) is 0 Å². The number of nitrogen functional groups attached to an aromatic ring is 1. The van der Waals surface area contributed by atoms with Crippen LogP contribution in [0.2, 0.25) is 0 Å². The Kier molecular flexibility index (Phi) is 3.64. The van der Waals surface area contributed by atoms with Crippen molar-refractivity contribution in [3.63, 3.8) is 0 Å². The van der Waals surface area contributed by atoms with Crippen LogP contribution in [0.15, 0.2) is 6.07 Å². The molecule has 0 aliphatic carbocycles. The fourth-order valence-electron chi connectivity index (χ4n) is 1.91. The molecule has 0 spiro atoms. The van der Waals surface area contributed by atoms with Crippen molar-refractivity contribution in [2.75, 3.05) is 17.6 Å². The Balaban J connectivity index is 2.15. The quantitative estimate of drug-likeness (QED) is 0.739. The lowest BCUT2D eigenvalue weighted by molar-refractivity contribution is -0.123. The van der Waals surface area contributed by atoms with Crippen LogP contribution < -0.4 is 16.4 Å². The number of nitrogens with two attached hydrogens (primary N) is 1. The van der Waals surface area contributed by atoms with Crippen molar-refractivity contribution in [2.45, 2.75) is 38.6 Å². The highest BCUT2D eigenvalue weighted by atomic mass is 16.2. The fraction of sp³-hybridized carbons (Fsp3) is 0.583. The predicted octanol–water partition coefficient (Wildman–Crippen LogP) is 0.873. The van der Waals surface area contributed by atoms with E-state index in [9.17, 15) is 4.79 Å². The summed E-state index contributed by atoms with van der Waals surface area (Å²) >= 11 is 0. The molecule has 6 nitrogen and oxygen atoms in total. The monoisotopic (exact) mass is 249 g/mol. The van der Waals surface area contributed by atoms with Crippen LogP contribution in [0, 0.1) is 0 Å². The Morgan fingerprint density at radius 1 is 1.50 bits per heavy atom. The SMILES string of the molecule is CC(C)c1nc(N)cc(NC2CCCNC2=O)n1. The van der Waals surface area contributed by atoms with Crippen LogP contribution in [-0.2, 0) is 4.79 Å². The first-order valence-corrected chi connectivity index (χ1v) is 6.25. The molecule has 18 heavy (non-hydrogen) atoms. The van der Waals surface area contributed by atoms with Gasteiger partial charge in [0, 0.05) is 18.5 Å². The first kappa shape index (κ1) is 12.6. The maximum absolute atomic E-state index is 11.7. The average molecular weight is 249 g/mol. The van der Waals surface area contributed by atoms with E-state index in [4.69, 9.17) is 5.73 Å². The molecule has 2 heterocycles. The molecule has 0 saturated carbocycles. The third kappa shape index (κ3) is 2.88. The van der Waals surface area contributed by atoms with Gasteiger partial charge in [0.1, 0.15) is 23.5 Å². The second kappa shape index (κ2) is 5.20. The summed E-state index contributed by atoms with van der Waals surface area (Å²) in [7, 11) is 0. The number of nitrogens with zero attached hydrogens (tertiary/aromatic N) is 2. The Labute approximate surface area is 106 Å². The number of hydrogen-bond donors (Lipinski definition) is 3. The van der Waals surface area contributed by atoms with E-state index in [2.05, 4.69) is 20.6 Å². The summed E-state index contributed by atoms with van der Waals surface area (Å²) in [6, 6.07) is 1.43. The molecule has 2 rings (SSSR count). The molecule has 6 heteroatoms. The van der Waals surface area contributed by atoms with Crippen LogP contribution in [0.3, 0.4) is 0 Å². The van der Waals surface area contributed by atoms with Crippen LogP contribution in [0.5, 0.6) is 0 Å². The third-order valence-corrected chi connectivity index (χ3v) is 2.89. The summed E-state index contributed by atoms with van der Waals surface area (Å²) in [6.45, 7) is 4.76. The van der Waals surface area contributed by atoms with Gasteiger partial charge in [-0.3, -0.25) is 4.79 Å². The number of carbonyl (C=O) groups excluding carboxylic acids is 1. The molecular weight excluding hydrogens is 230 g/mol. The van der Waals surface area contributed by atoms with E-state index in [1.807, 2.05) is 13.8 Å². The molecule has 1 amide bonds. The van der Waals surface area contributed by atoms with E-state index in [1.54, 1.807) is 6.07 Å². The lowest BCUT2D eigenvalue weighted by atomic mass is 10.1. The minimum absolute atomic E-state index is 0.0181. The molecule has 1 aromatic heterocycles. The summed E-state index contributed by atoms with van der Waals surface area (Å²) in [5.74, 6) is 1.95. The summed E-state index contributed by atoms with van der Waals surface area (Å²) in [6.07, 6.45) is 1.79. The Hall–Kier alpha value is -1.85. The van der Waals surface area contributed by atoms with Gasteiger partial charge in [-0.2, -0.15) is 0 Å². The molecule has 1 aromatic rings. The van der Waals surface area contributed by atoms with Gasteiger partial charge in [-0.25, -0.2) is 9.97 Å². The Bertz CT molecular complexity index is 446. The van der Waals surface area contributed by atoms with Crippen molar-refractivity contribution < 1.29 is 4.79 Å². The number of amides is 1. The van der Waals surface area contributed by atoms with Gasteiger partial charge in [0.15, 0.2) is 0 Å². The van der Waals surface area contributed by atoms with Crippen LogP contribution in [-0.4, -0.2) is 28.5 Å². The smallest absolute Gasteiger partial charge is 0.242 e. The van der Waals surface area contributed by atoms with Crippen molar-refractivity contribution in [1.82, 2.24) is 15.3 Å². The number of aromatic nitrogens is 2. The molecule has 4 N–H and O–H groups in total. The molecule has 0 radical (unpaired) electrons. The number of piperidine rings is 1. The molecule has 1 fully saturated rings. The lowest BCUT2D eigenvalue weighted by Crippen LogP contribution is -2.44. The highest BCUT2D eigenvalue weighted by Gasteiger charge is 2.22. The fourth-order valence-corrected chi connectivity index (χ4v) is 1.91. The molecule has 1 aliphatic heterocycles. The molecule has 0 bridgehead atoms. The second-order valence-corrected chi connectivity index (χ2v) is 4.82. The van der Waals surface area contributed by atoms with Crippen molar-refractivity contribution >= 4 is 17.5 Å². The van der Waals surface area contributed by atoms with Gasteiger partial charge in [0.05, 0.1) is 0 Å². The van der Waals surface area contributed by atoms with Crippen LogP contribution >= 0.6 is 0 Å². The Morgan fingerprint density at radius 3 is 2.94 bits per heavy atom. The topological polar surface area (TPSA) is 92.9 Å². The normalized spacial score (nSPS) is 19.7. The van der Waals surface area contributed by atoms with Crippen molar-refractivity contribution in [1.29, 1.82) is 0 Å². The summed E-state index contributed by atoms with van der Waals surface area (Å²) in [4.78, 5) is 20.2. The van der Waals surface area contributed by atoms with Gasteiger partial charge >= 0.3 is 0 Å².